The van der Waals surface area contributed by atoms with Crippen LogP contribution in [0, 0.1) is 5.82 Å². The third kappa shape index (κ3) is 3.86. The van der Waals surface area contributed by atoms with Crippen molar-refractivity contribution in [2.24, 2.45) is 0 Å². The number of rotatable bonds is 6. The normalized spacial score (nSPS) is 19.7. The van der Waals surface area contributed by atoms with Crippen LogP contribution in [0.15, 0.2) is 53.4 Å². The zero-order valence-corrected chi connectivity index (χ0v) is 16.5. The molecule has 3 amide bonds. The van der Waals surface area contributed by atoms with Gasteiger partial charge in [-0.25, -0.2) is 9.18 Å². The monoisotopic (exact) mass is 386 g/mol. The van der Waals surface area contributed by atoms with E-state index in [1.54, 1.807) is 25.1 Å². The molecular formula is C21H23FN2O2S. The van der Waals surface area contributed by atoms with E-state index in [4.69, 9.17) is 0 Å². The molecule has 0 unspecified atom stereocenters. The first-order valence-corrected chi connectivity index (χ1v) is 9.93. The highest BCUT2D eigenvalue weighted by Gasteiger charge is 2.48. The van der Waals surface area contributed by atoms with Gasteiger partial charge in [-0.1, -0.05) is 50.2 Å². The van der Waals surface area contributed by atoms with E-state index in [1.165, 1.54) is 28.3 Å². The minimum Gasteiger partial charge on any atom is -0.319 e. The lowest BCUT2D eigenvalue weighted by Gasteiger charge is -2.23. The Hall–Kier alpha value is -2.34. The molecular weight excluding hydrogens is 363 g/mol. The molecule has 0 aromatic heterocycles. The van der Waals surface area contributed by atoms with Gasteiger partial charge < -0.3 is 5.32 Å². The Morgan fingerprint density at radius 3 is 2.41 bits per heavy atom. The van der Waals surface area contributed by atoms with Crippen molar-refractivity contribution in [1.29, 1.82) is 0 Å². The van der Waals surface area contributed by atoms with E-state index in [0.717, 1.165) is 5.56 Å². The summed E-state index contributed by atoms with van der Waals surface area (Å²) in [5, 5.41) is 2.81. The summed E-state index contributed by atoms with van der Waals surface area (Å²) in [5.41, 5.74) is 0.863. The molecule has 0 saturated carbocycles. The smallest absolute Gasteiger partial charge is 0.319 e. The Balaban J connectivity index is 1.69. The lowest BCUT2D eigenvalue weighted by Crippen LogP contribution is -2.41. The number of nitrogens with one attached hydrogen (secondary N) is 1. The molecule has 0 bridgehead atoms. The average Bonchev–Trinajstić information content (AvgIpc) is 2.87. The van der Waals surface area contributed by atoms with Gasteiger partial charge in [0.05, 0.1) is 0 Å². The molecule has 3 rings (SSSR count). The van der Waals surface area contributed by atoms with Gasteiger partial charge in [0, 0.05) is 17.2 Å². The minimum absolute atomic E-state index is 0.226. The lowest BCUT2D eigenvalue weighted by atomic mass is 9.90. The number of thioether (sulfide) groups is 1. The van der Waals surface area contributed by atoms with Crippen LogP contribution in [0.25, 0.3) is 0 Å². The van der Waals surface area contributed by atoms with Crippen LogP contribution in [0.3, 0.4) is 0 Å². The van der Waals surface area contributed by atoms with E-state index in [-0.39, 0.29) is 18.3 Å². The number of carbonyl (C=O) groups excluding carboxylic acids is 2. The summed E-state index contributed by atoms with van der Waals surface area (Å²) in [6.45, 7) is 6.16. The Kier molecular flexibility index (Phi) is 5.56. The van der Waals surface area contributed by atoms with Crippen LogP contribution in [0.4, 0.5) is 9.18 Å². The number of halogens is 1. The molecule has 1 atom stereocenters. The highest BCUT2D eigenvalue weighted by molar-refractivity contribution is 7.99. The molecule has 1 aliphatic rings. The molecule has 0 aliphatic carbocycles. The van der Waals surface area contributed by atoms with Crippen molar-refractivity contribution in [3.8, 4) is 0 Å². The van der Waals surface area contributed by atoms with Crippen LogP contribution < -0.4 is 5.32 Å². The Labute approximate surface area is 163 Å². The molecule has 1 fully saturated rings. The predicted molar refractivity (Wildman–Crippen MR) is 105 cm³/mol. The van der Waals surface area contributed by atoms with Gasteiger partial charge in [-0.2, -0.15) is 0 Å². The van der Waals surface area contributed by atoms with Crippen molar-refractivity contribution in [3.05, 3.63) is 65.5 Å². The van der Waals surface area contributed by atoms with Gasteiger partial charge in [-0.15, -0.1) is 11.8 Å². The Morgan fingerprint density at radius 2 is 1.78 bits per heavy atom. The number of amides is 3. The van der Waals surface area contributed by atoms with Crippen molar-refractivity contribution in [2.75, 3.05) is 12.3 Å². The van der Waals surface area contributed by atoms with Crippen LogP contribution in [0.5, 0.6) is 0 Å². The lowest BCUT2D eigenvalue weighted by molar-refractivity contribution is -0.130. The van der Waals surface area contributed by atoms with Crippen molar-refractivity contribution >= 4 is 23.7 Å². The average molecular weight is 386 g/mol. The quantitative estimate of drug-likeness (QED) is 0.587. The summed E-state index contributed by atoms with van der Waals surface area (Å²) >= 11 is 1.29. The number of urea groups is 1. The Morgan fingerprint density at radius 1 is 1.11 bits per heavy atom. The van der Waals surface area contributed by atoms with Crippen LogP contribution in [0.1, 0.15) is 37.8 Å². The van der Waals surface area contributed by atoms with Crippen molar-refractivity contribution < 1.29 is 14.0 Å². The van der Waals surface area contributed by atoms with E-state index >= 15 is 0 Å². The number of benzene rings is 2. The van der Waals surface area contributed by atoms with Gasteiger partial charge in [-0.05, 0) is 36.1 Å². The first kappa shape index (κ1) is 19.4. The largest absolute Gasteiger partial charge is 0.325 e. The van der Waals surface area contributed by atoms with Gasteiger partial charge in [0.2, 0.25) is 0 Å². The highest BCUT2D eigenvalue weighted by Crippen LogP contribution is 2.30. The topological polar surface area (TPSA) is 49.4 Å². The van der Waals surface area contributed by atoms with Crippen LogP contribution in [-0.4, -0.2) is 29.1 Å². The highest BCUT2D eigenvalue weighted by atomic mass is 32.2. The molecule has 1 saturated heterocycles. The molecule has 1 heterocycles. The zero-order valence-electron chi connectivity index (χ0n) is 15.7. The SMILES string of the molecule is CC(C)c1ccc([C@@]2(C)NC(=O)N(CCSc3ccccc3F)C2=O)cc1. The number of nitrogens with zero attached hydrogens (tertiary/aromatic N) is 1. The van der Waals surface area contributed by atoms with Gasteiger partial charge in [0.25, 0.3) is 5.91 Å². The molecule has 1 N–H and O–H groups in total. The van der Waals surface area contributed by atoms with E-state index in [1.807, 2.05) is 24.3 Å². The molecule has 6 heteroatoms. The zero-order chi connectivity index (χ0) is 19.6. The minimum atomic E-state index is -1.07. The van der Waals surface area contributed by atoms with E-state index < -0.39 is 11.6 Å². The van der Waals surface area contributed by atoms with Gasteiger partial charge in [0.1, 0.15) is 11.4 Å². The summed E-state index contributed by atoms with van der Waals surface area (Å²) in [4.78, 5) is 27.0. The van der Waals surface area contributed by atoms with Crippen molar-refractivity contribution in [3.63, 3.8) is 0 Å². The standard InChI is InChI=1S/C21H23FN2O2S/c1-14(2)15-8-10-16(11-9-15)21(3)19(25)24(20(26)23-21)12-13-27-18-7-5-4-6-17(18)22/h4-11,14H,12-13H2,1-3H3,(H,23,26)/t21-/m1/s1. The van der Waals surface area contributed by atoms with Crippen molar-refractivity contribution in [1.82, 2.24) is 10.2 Å². The number of imide groups is 1. The van der Waals surface area contributed by atoms with Crippen molar-refractivity contribution in [2.45, 2.75) is 37.1 Å². The maximum absolute atomic E-state index is 13.7. The second kappa shape index (κ2) is 7.72. The molecule has 2 aromatic carbocycles. The number of hydrogen-bond donors (Lipinski definition) is 1. The third-order valence-electron chi connectivity index (χ3n) is 4.84. The molecule has 142 valence electrons. The number of carbonyl (C=O) groups is 2. The summed E-state index contributed by atoms with van der Waals surface area (Å²) < 4.78 is 13.7. The fourth-order valence-electron chi connectivity index (χ4n) is 3.11. The predicted octanol–water partition coefficient (Wildman–Crippen LogP) is 4.51. The fourth-order valence-corrected chi connectivity index (χ4v) is 3.98. The van der Waals surface area contributed by atoms with Gasteiger partial charge >= 0.3 is 6.03 Å². The summed E-state index contributed by atoms with van der Waals surface area (Å²) in [5.74, 6) is 0.254. The number of hydrogen-bond acceptors (Lipinski definition) is 3. The first-order chi connectivity index (χ1) is 12.8. The molecule has 27 heavy (non-hydrogen) atoms. The second-order valence-electron chi connectivity index (χ2n) is 7.07. The maximum Gasteiger partial charge on any atom is 0.325 e. The van der Waals surface area contributed by atoms with E-state index in [9.17, 15) is 14.0 Å². The molecule has 2 aromatic rings. The first-order valence-electron chi connectivity index (χ1n) is 8.95. The molecule has 4 nitrogen and oxygen atoms in total. The summed E-state index contributed by atoms with van der Waals surface area (Å²) in [6.07, 6.45) is 0. The summed E-state index contributed by atoms with van der Waals surface area (Å²) in [6, 6.07) is 13.8. The summed E-state index contributed by atoms with van der Waals surface area (Å²) in [7, 11) is 0. The maximum atomic E-state index is 13.7. The molecule has 1 aliphatic heterocycles. The fraction of sp³-hybridized carbons (Fsp3) is 0.333. The third-order valence-corrected chi connectivity index (χ3v) is 5.87. The van der Waals surface area contributed by atoms with Gasteiger partial charge in [-0.3, -0.25) is 9.69 Å². The van der Waals surface area contributed by atoms with E-state index in [0.29, 0.717) is 16.6 Å². The van der Waals surface area contributed by atoms with Crippen LogP contribution in [0.2, 0.25) is 0 Å². The Bertz CT molecular complexity index is 854. The van der Waals surface area contributed by atoms with Crippen LogP contribution in [-0.2, 0) is 10.3 Å². The molecule has 0 spiro atoms. The van der Waals surface area contributed by atoms with Gasteiger partial charge in [0.15, 0.2) is 0 Å². The molecule has 0 radical (unpaired) electrons. The van der Waals surface area contributed by atoms with E-state index in [2.05, 4.69) is 19.2 Å². The second-order valence-corrected chi connectivity index (χ2v) is 8.20. The van der Waals surface area contributed by atoms with Crippen LogP contribution >= 0.6 is 11.8 Å².